The average Bonchev–Trinajstić information content (AvgIpc) is 2.25. The number of hydrogen-bond donors (Lipinski definition) is 0. The van der Waals surface area contributed by atoms with Crippen LogP contribution in [0.5, 0.6) is 0 Å². The molecule has 6 nitrogen and oxygen atoms in total. The third-order valence-electron chi connectivity index (χ3n) is 1.65. The Kier molecular flexibility index (Phi) is 4.33. The molecule has 0 saturated heterocycles. The molecule has 86 valence electrons. The molecule has 0 bridgehead atoms. The zero-order chi connectivity index (χ0) is 12.1. The molecule has 1 aromatic rings. The van der Waals surface area contributed by atoms with Gasteiger partial charge in [0.2, 0.25) is 0 Å². The molecule has 0 radical (unpaired) electrons. The number of carbonyl (C=O) groups is 1. The number of nitro groups is 1. The van der Waals surface area contributed by atoms with Gasteiger partial charge in [0.25, 0.3) is 5.69 Å². The molecular weight excluding hydrogens is 261 g/mol. The van der Waals surface area contributed by atoms with Crippen LogP contribution in [0.2, 0.25) is 5.02 Å². The van der Waals surface area contributed by atoms with Gasteiger partial charge in [-0.25, -0.2) is 4.79 Å². The summed E-state index contributed by atoms with van der Waals surface area (Å²) >= 11 is 10.4. The van der Waals surface area contributed by atoms with E-state index >= 15 is 0 Å². The van der Waals surface area contributed by atoms with E-state index in [-0.39, 0.29) is 17.9 Å². The summed E-state index contributed by atoms with van der Waals surface area (Å²) in [5, 5.41) is 10.9. The van der Waals surface area contributed by atoms with Gasteiger partial charge in [0.15, 0.2) is 0 Å². The average molecular weight is 266 g/mol. The van der Waals surface area contributed by atoms with Crippen molar-refractivity contribution in [2.75, 3.05) is 0 Å². The highest BCUT2D eigenvalue weighted by Gasteiger charge is 2.15. The van der Waals surface area contributed by atoms with E-state index in [0.29, 0.717) is 5.02 Å². The minimum Gasteiger partial charge on any atom is -0.428 e. The Morgan fingerprint density at radius 2 is 2.19 bits per heavy atom. The molecule has 0 heterocycles. The van der Waals surface area contributed by atoms with Crippen molar-refractivity contribution in [3.05, 3.63) is 38.9 Å². The molecule has 8 heteroatoms. The van der Waals surface area contributed by atoms with Gasteiger partial charge in [0.05, 0.1) is 10.5 Å². The second-order valence-electron chi connectivity index (χ2n) is 2.65. The van der Waals surface area contributed by atoms with Crippen molar-refractivity contribution < 1.29 is 18.7 Å². The third kappa shape index (κ3) is 3.25. The highest BCUT2D eigenvalue weighted by Crippen LogP contribution is 2.23. The van der Waals surface area contributed by atoms with Crippen LogP contribution in [-0.2, 0) is 15.6 Å². The second-order valence-corrected chi connectivity index (χ2v) is 3.24. The van der Waals surface area contributed by atoms with Crippen molar-refractivity contribution in [1.29, 1.82) is 0 Å². The molecule has 0 atom stereocenters. The number of carbonyl (C=O) groups excluding carboxylic acids is 1. The number of benzene rings is 1. The maximum absolute atomic E-state index is 10.6. The lowest BCUT2D eigenvalue weighted by atomic mass is 10.2. The van der Waals surface area contributed by atoms with Crippen LogP contribution in [0.25, 0.3) is 0 Å². The van der Waals surface area contributed by atoms with E-state index < -0.39 is 11.1 Å². The first kappa shape index (κ1) is 12.5. The molecule has 16 heavy (non-hydrogen) atoms. The Morgan fingerprint density at radius 3 is 2.75 bits per heavy atom. The van der Waals surface area contributed by atoms with E-state index in [9.17, 15) is 14.9 Å². The first-order valence-corrected chi connectivity index (χ1v) is 4.61. The Morgan fingerprint density at radius 1 is 1.50 bits per heavy atom. The standard InChI is InChI=1S/C8H5Cl2NO5/c9-6-1-2-7(11(13)14)5(3-6)4-15-8(12)16-10/h1-3H,4H2. The number of nitrogens with zero attached hydrogens (tertiary/aromatic N) is 1. The van der Waals surface area contributed by atoms with Crippen LogP contribution in [0.3, 0.4) is 0 Å². The Hall–Kier alpha value is -1.53. The molecule has 0 N–H and O–H groups in total. The topological polar surface area (TPSA) is 78.7 Å². The number of hydrogen-bond acceptors (Lipinski definition) is 5. The van der Waals surface area contributed by atoms with Gasteiger partial charge < -0.3 is 9.03 Å². The van der Waals surface area contributed by atoms with Gasteiger partial charge in [-0.15, -0.1) is 0 Å². The molecule has 0 aliphatic rings. The monoisotopic (exact) mass is 265 g/mol. The summed E-state index contributed by atoms with van der Waals surface area (Å²) in [6.07, 6.45) is -1.14. The molecule has 0 fully saturated rings. The van der Waals surface area contributed by atoms with Gasteiger partial charge in [-0.3, -0.25) is 10.1 Å². The fourth-order valence-electron chi connectivity index (χ4n) is 1.01. The van der Waals surface area contributed by atoms with E-state index in [1.807, 2.05) is 0 Å². The normalized spacial score (nSPS) is 9.62. The van der Waals surface area contributed by atoms with Gasteiger partial charge in [0.1, 0.15) is 18.5 Å². The highest BCUT2D eigenvalue weighted by atomic mass is 35.5. The maximum Gasteiger partial charge on any atom is 0.527 e. The van der Waals surface area contributed by atoms with Crippen molar-refractivity contribution in [1.82, 2.24) is 0 Å². The summed E-state index contributed by atoms with van der Waals surface area (Å²) in [5.41, 5.74) is -0.0497. The Balaban J connectivity index is 2.88. The predicted molar refractivity (Wildman–Crippen MR) is 55.2 cm³/mol. The van der Waals surface area contributed by atoms with Crippen LogP contribution in [0.4, 0.5) is 10.5 Å². The summed E-state index contributed by atoms with van der Waals surface area (Å²) in [6.45, 7) is -0.345. The number of nitro benzene ring substituents is 1. The van der Waals surface area contributed by atoms with Crippen LogP contribution in [0.1, 0.15) is 5.56 Å². The molecule has 0 spiro atoms. The van der Waals surface area contributed by atoms with Crippen molar-refractivity contribution >= 4 is 35.3 Å². The lowest BCUT2D eigenvalue weighted by molar-refractivity contribution is -0.385. The maximum atomic E-state index is 10.6. The number of ether oxygens (including phenoxy) is 1. The summed E-state index contributed by atoms with van der Waals surface area (Å²) < 4.78 is 8.18. The number of halogens is 2. The largest absolute Gasteiger partial charge is 0.527 e. The van der Waals surface area contributed by atoms with Crippen LogP contribution >= 0.6 is 23.5 Å². The van der Waals surface area contributed by atoms with E-state index in [0.717, 1.165) is 0 Å². The minimum atomic E-state index is -1.14. The lowest BCUT2D eigenvalue weighted by Gasteiger charge is -2.03. The van der Waals surface area contributed by atoms with Crippen LogP contribution in [-0.4, -0.2) is 11.1 Å². The second kappa shape index (κ2) is 5.53. The zero-order valence-corrected chi connectivity index (χ0v) is 9.20. The summed E-state index contributed by atoms with van der Waals surface area (Å²) in [6, 6.07) is 3.90. The van der Waals surface area contributed by atoms with Crippen molar-refractivity contribution in [3.63, 3.8) is 0 Å². The molecule has 0 unspecified atom stereocenters. The van der Waals surface area contributed by atoms with Gasteiger partial charge in [-0.1, -0.05) is 11.6 Å². The number of rotatable bonds is 3. The summed E-state index contributed by atoms with van der Waals surface area (Å²) in [5.74, 6) is 0. The lowest BCUT2D eigenvalue weighted by Crippen LogP contribution is -2.04. The van der Waals surface area contributed by atoms with Crippen molar-refractivity contribution in [2.24, 2.45) is 0 Å². The van der Waals surface area contributed by atoms with Crippen molar-refractivity contribution in [3.8, 4) is 0 Å². The molecule has 0 saturated carbocycles. The first-order chi connectivity index (χ1) is 7.54. The molecule has 0 aromatic heterocycles. The Bertz CT molecular complexity index is 423. The quantitative estimate of drug-likeness (QED) is 0.477. The van der Waals surface area contributed by atoms with Gasteiger partial charge in [0, 0.05) is 11.1 Å². The van der Waals surface area contributed by atoms with E-state index in [1.165, 1.54) is 18.2 Å². The summed E-state index contributed by atoms with van der Waals surface area (Å²) in [7, 11) is 0. The summed E-state index contributed by atoms with van der Waals surface area (Å²) in [4.78, 5) is 20.6. The highest BCUT2D eigenvalue weighted by molar-refractivity contribution is 6.30. The minimum absolute atomic E-state index is 0.152. The third-order valence-corrected chi connectivity index (χ3v) is 2.01. The predicted octanol–water partition coefficient (Wildman–Crippen LogP) is 3.06. The van der Waals surface area contributed by atoms with Crippen molar-refractivity contribution in [2.45, 2.75) is 6.61 Å². The molecule has 1 rings (SSSR count). The molecule has 0 amide bonds. The van der Waals surface area contributed by atoms with E-state index in [4.69, 9.17) is 23.5 Å². The van der Waals surface area contributed by atoms with Crippen LogP contribution in [0.15, 0.2) is 18.2 Å². The van der Waals surface area contributed by atoms with Gasteiger partial charge in [-0.05, 0) is 12.1 Å². The molecule has 0 aliphatic carbocycles. The van der Waals surface area contributed by atoms with E-state index in [1.54, 1.807) is 0 Å². The van der Waals surface area contributed by atoms with Crippen LogP contribution in [0, 0.1) is 10.1 Å². The molecule has 1 aromatic carbocycles. The smallest absolute Gasteiger partial charge is 0.428 e. The molecular formula is C8H5Cl2NO5. The SMILES string of the molecule is O=C(OCl)OCc1cc(Cl)ccc1[N+](=O)[O-]. The fourth-order valence-corrected chi connectivity index (χ4v) is 1.25. The van der Waals surface area contributed by atoms with Gasteiger partial charge in [-0.2, -0.15) is 0 Å². The van der Waals surface area contributed by atoms with E-state index in [2.05, 4.69) is 9.03 Å². The zero-order valence-electron chi connectivity index (χ0n) is 7.68. The molecule has 0 aliphatic heterocycles. The van der Waals surface area contributed by atoms with Crippen LogP contribution < -0.4 is 0 Å². The van der Waals surface area contributed by atoms with Gasteiger partial charge >= 0.3 is 6.16 Å². The first-order valence-electron chi connectivity index (χ1n) is 3.92. The fraction of sp³-hybridized carbons (Fsp3) is 0.125. The Labute approximate surface area is 100.0 Å².